The van der Waals surface area contributed by atoms with Gasteiger partial charge in [0.25, 0.3) is 0 Å². The third-order valence-electron chi connectivity index (χ3n) is 5.40. The van der Waals surface area contributed by atoms with E-state index >= 15 is 0 Å². The summed E-state index contributed by atoms with van der Waals surface area (Å²) in [5, 5.41) is 10.3. The molecule has 0 saturated heterocycles. The summed E-state index contributed by atoms with van der Waals surface area (Å²) in [7, 11) is 1.23. The minimum Gasteiger partial charge on any atom is -0.480 e. The maximum atomic E-state index is 12.2. The summed E-state index contributed by atoms with van der Waals surface area (Å²) in [6, 6.07) is 3.72. The number of esters is 1. The molecule has 2 aliphatic carbocycles. The predicted octanol–water partition coefficient (Wildman–Crippen LogP) is 3.83. The summed E-state index contributed by atoms with van der Waals surface area (Å²) in [5.41, 5.74) is 0.916. The molecule has 0 aliphatic heterocycles. The first-order valence-corrected chi connectivity index (χ1v) is 8.53. The number of hydrogen-bond acceptors (Lipinski definition) is 3. The van der Waals surface area contributed by atoms with Gasteiger partial charge < -0.3 is 9.84 Å². The highest BCUT2D eigenvalue weighted by molar-refractivity contribution is 6.31. The van der Waals surface area contributed by atoms with E-state index in [1.54, 1.807) is 6.07 Å². The summed E-state index contributed by atoms with van der Waals surface area (Å²) in [6.45, 7) is 0. The highest BCUT2D eigenvalue weighted by Gasteiger charge is 2.53. The Labute approximate surface area is 140 Å². The van der Waals surface area contributed by atoms with E-state index in [4.69, 9.17) is 16.3 Å². The molecule has 2 aliphatic rings. The van der Waals surface area contributed by atoms with Crippen LogP contribution < -0.4 is 0 Å². The van der Waals surface area contributed by atoms with Crippen molar-refractivity contribution in [3.8, 4) is 0 Å². The van der Waals surface area contributed by atoms with Crippen molar-refractivity contribution in [2.45, 2.75) is 56.3 Å². The first-order chi connectivity index (χ1) is 11.0. The van der Waals surface area contributed by atoms with Gasteiger partial charge in [-0.15, -0.1) is 0 Å². The lowest BCUT2D eigenvalue weighted by atomic mass is 9.79. The van der Waals surface area contributed by atoms with E-state index in [0.29, 0.717) is 22.9 Å². The van der Waals surface area contributed by atoms with Crippen molar-refractivity contribution in [1.82, 2.24) is 0 Å². The molecule has 4 nitrogen and oxygen atoms in total. The summed E-state index contributed by atoms with van der Waals surface area (Å²) in [6.07, 6.45) is 6.73. The molecule has 3 rings (SSSR count). The number of ether oxygens (including phenoxy) is 1. The average molecular weight is 337 g/mol. The molecule has 1 fully saturated rings. The minimum atomic E-state index is -1.61. The van der Waals surface area contributed by atoms with E-state index in [0.717, 1.165) is 24.0 Å². The summed E-state index contributed by atoms with van der Waals surface area (Å²) >= 11 is 6.48. The zero-order valence-electron chi connectivity index (χ0n) is 13.2. The number of benzene rings is 1. The maximum Gasteiger partial charge on any atom is 0.327 e. The number of hydrogen-bond donors (Lipinski definition) is 1. The molecule has 23 heavy (non-hydrogen) atoms. The van der Waals surface area contributed by atoms with Gasteiger partial charge in [0.05, 0.1) is 7.11 Å². The predicted molar refractivity (Wildman–Crippen MR) is 86.9 cm³/mol. The van der Waals surface area contributed by atoms with Crippen LogP contribution in [0.4, 0.5) is 0 Å². The third kappa shape index (κ3) is 2.53. The van der Waals surface area contributed by atoms with E-state index in [2.05, 4.69) is 0 Å². The van der Waals surface area contributed by atoms with Crippen LogP contribution in [0.2, 0.25) is 5.02 Å². The zero-order valence-corrected chi connectivity index (χ0v) is 14.0. The van der Waals surface area contributed by atoms with E-state index < -0.39 is 17.4 Å². The molecule has 124 valence electrons. The van der Waals surface area contributed by atoms with Crippen molar-refractivity contribution in [2.75, 3.05) is 7.11 Å². The van der Waals surface area contributed by atoms with Gasteiger partial charge in [0, 0.05) is 5.02 Å². The SMILES string of the molecule is COC(=O)C1(C(=O)O)CCc2cc(C3CCCCC3)c(Cl)cc21. The molecule has 0 amide bonds. The number of carboxylic acid groups (broad SMARTS) is 1. The molecule has 1 aromatic carbocycles. The lowest BCUT2D eigenvalue weighted by Crippen LogP contribution is -2.42. The second-order valence-corrected chi connectivity index (χ2v) is 6.98. The van der Waals surface area contributed by atoms with E-state index in [9.17, 15) is 14.7 Å². The molecule has 1 N–H and O–H groups in total. The smallest absolute Gasteiger partial charge is 0.327 e. The van der Waals surface area contributed by atoms with Crippen LogP contribution in [-0.2, 0) is 26.2 Å². The molecule has 1 unspecified atom stereocenters. The Morgan fingerprint density at radius 2 is 1.96 bits per heavy atom. The van der Waals surface area contributed by atoms with Gasteiger partial charge in [-0.3, -0.25) is 9.59 Å². The Morgan fingerprint density at radius 1 is 1.26 bits per heavy atom. The number of fused-ring (bicyclic) bond motifs is 1. The Balaban J connectivity index is 2.06. The summed E-state index contributed by atoms with van der Waals surface area (Å²) < 4.78 is 4.78. The Bertz CT molecular complexity index is 649. The number of aryl methyl sites for hydroxylation is 1. The quantitative estimate of drug-likeness (QED) is 0.673. The van der Waals surface area contributed by atoms with Crippen molar-refractivity contribution >= 4 is 23.5 Å². The number of carbonyl (C=O) groups excluding carboxylic acids is 1. The average Bonchev–Trinajstić information content (AvgIpc) is 2.93. The Morgan fingerprint density at radius 3 is 2.57 bits per heavy atom. The van der Waals surface area contributed by atoms with Crippen LogP contribution in [0.3, 0.4) is 0 Å². The van der Waals surface area contributed by atoms with E-state index in [1.165, 1.54) is 26.4 Å². The van der Waals surface area contributed by atoms with Crippen LogP contribution in [0.25, 0.3) is 0 Å². The molecular weight excluding hydrogens is 316 g/mol. The Kier molecular flexibility index (Phi) is 4.37. The lowest BCUT2D eigenvalue weighted by Gasteiger charge is -2.26. The Hall–Kier alpha value is -1.55. The van der Waals surface area contributed by atoms with Gasteiger partial charge >= 0.3 is 11.9 Å². The van der Waals surface area contributed by atoms with Gasteiger partial charge in [0.15, 0.2) is 5.41 Å². The molecular formula is C18H21ClO4. The van der Waals surface area contributed by atoms with Crippen molar-refractivity contribution in [1.29, 1.82) is 0 Å². The van der Waals surface area contributed by atoms with Crippen LogP contribution in [0.1, 0.15) is 61.1 Å². The topological polar surface area (TPSA) is 63.6 Å². The van der Waals surface area contributed by atoms with Gasteiger partial charge in [0.1, 0.15) is 0 Å². The van der Waals surface area contributed by atoms with Gasteiger partial charge in [-0.05, 0) is 54.4 Å². The molecule has 0 heterocycles. The molecule has 1 aromatic rings. The van der Waals surface area contributed by atoms with Gasteiger partial charge in [-0.1, -0.05) is 36.9 Å². The molecule has 5 heteroatoms. The highest BCUT2D eigenvalue weighted by atomic mass is 35.5. The molecule has 0 spiro atoms. The van der Waals surface area contributed by atoms with Crippen LogP contribution >= 0.6 is 11.6 Å². The van der Waals surface area contributed by atoms with Gasteiger partial charge in [-0.2, -0.15) is 0 Å². The number of carbonyl (C=O) groups is 2. The number of aliphatic carboxylic acids is 1. The molecule has 1 atom stereocenters. The fourth-order valence-corrected chi connectivity index (χ4v) is 4.44. The highest BCUT2D eigenvalue weighted by Crippen LogP contribution is 2.45. The summed E-state index contributed by atoms with van der Waals surface area (Å²) in [5.74, 6) is -1.44. The number of methoxy groups -OCH3 is 1. The second-order valence-electron chi connectivity index (χ2n) is 6.57. The summed E-state index contributed by atoms with van der Waals surface area (Å²) in [4.78, 5) is 24.0. The fourth-order valence-electron chi connectivity index (χ4n) is 4.12. The minimum absolute atomic E-state index is 0.231. The monoisotopic (exact) mass is 336 g/mol. The molecule has 0 radical (unpaired) electrons. The number of rotatable bonds is 3. The van der Waals surface area contributed by atoms with Crippen molar-refractivity contribution in [3.05, 3.63) is 33.8 Å². The maximum absolute atomic E-state index is 12.2. The first kappa shape index (κ1) is 16.3. The van der Waals surface area contributed by atoms with E-state index in [1.807, 2.05) is 6.07 Å². The second kappa shape index (κ2) is 6.16. The van der Waals surface area contributed by atoms with Gasteiger partial charge in [-0.25, -0.2) is 0 Å². The normalized spacial score (nSPS) is 24.3. The zero-order chi connectivity index (χ0) is 16.6. The van der Waals surface area contributed by atoms with Crippen molar-refractivity contribution in [2.24, 2.45) is 0 Å². The van der Waals surface area contributed by atoms with Crippen LogP contribution in [0, 0.1) is 0 Å². The lowest BCUT2D eigenvalue weighted by molar-refractivity contribution is -0.159. The van der Waals surface area contributed by atoms with Crippen molar-refractivity contribution < 1.29 is 19.4 Å². The standard InChI is InChI=1S/C18H21ClO4/c1-23-17(22)18(16(20)21)8-7-12-9-13(15(19)10-14(12)18)11-5-3-2-4-6-11/h9-11H,2-8H2,1H3,(H,20,21). The first-order valence-electron chi connectivity index (χ1n) is 8.15. The van der Waals surface area contributed by atoms with Crippen LogP contribution in [0.15, 0.2) is 12.1 Å². The van der Waals surface area contributed by atoms with E-state index in [-0.39, 0.29) is 6.42 Å². The number of carboxylic acids is 1. The molecule has 0 bridgehead atoms. The molecule has 1 saturated carbocycles. The van der Waals surface area contributed by atoms with Crippen LogP contribution in [-0.4, -0.2) is 24.2 Å². The third-order valence-corrected chi connectivity index (χ3v) is 5.72. The molecule has 0 aromatic heterocycles. The fraction of sp³-hybridized carbons (Fsp3) is 0.556. The van der Waals surface area contributed by atoms with Crippen molar-refractivity contribution in [3.63, 3.8) is 0 Å². The van der Waals surface area contributed by atoms with Gasteiger partial charge in [0.2, 0.25) is 0 Å². The largest absolute Gasteiger partial charge is 0.480 e. The number of halogens is 1. The van der Waals surface area contributed by atoms with Crippen LogP contribution in [0.5, 0.6) is 0 Å².